The van der Waals surface area contributed by atoms with Crippen molar-refractivity contribution in [2.45, 2.75) is 18.9 Å². The van der Waals surface area contributed by atoms with Crippen molar-refractivity contribution in [2.75, 3.05) is 6.54 Å². The van der Waals surface area contributed by atoms with Crippen LogP contribution in [0.4, 0.5) is 0 Å². The topological polar surface area (TPSA) is 88.3 Å². The zero-order valence-electron chi connectivity index (χ0n) is 11.2. The molecule has 0 aromatic carbocycles. The molecule has 1 saturated carbocycles. The molecule has 1 amide bonds. The van der Waals surface area contributed by atoms with Crippen LogP contribution in [0.2, 0.25) is 0 Å². The van der Waals surface area contributed by atoms with Crippen LogP contribution >= 0.6 is 0 Å². The maximum absolute atomic E-state index is 12.4. The van der Waals surface area contributed by atoms with Crippen molar-refractivity contribution in [1.29, 1.82) is 0 Å². The van der Waals surface area contributed by atoms with E-state index in [1.165, 1.54) is 11.1 Å². The minimum Gasteiger partial charge on any atom is -0.480 e. The average Bonchev–Trinajstić information content (AvgIpc) is 3.18. The van der Waals surface area contributed by atoms with Crippen LogP contribution < -0.4 is 0 Å². The summed E-state index contributed by atoms with van der Waals surface area (Å²) >= 11 is 0. The predicted octanol–water partition coefficient (Wildman–Crippen LogP) is 0.956. The third-order valence-corrected chi connectivity index (χ3v) is 3.32. The lowest BCUT2D eigenvalue weighted by Crippen LogP contribution is -2.37. The summed E-state index contributed by atoms with van der Waals surface area (Å²) in [6.45, 7) is -0.271. The molecule has 0 unspecified atom stereocenters. The summed E-state index contributed by atoms with van der Waals surface area (Å²) in [6, 6.07) is 3.41. The second kappa shape index (κ2) is 5.35. The molecule has 1 aliphatic rings. The molecular formula is C14H14N4O3. The quantitative estimate of drug-likeness (QED) is 0.884. The highest BCUT2D eigenvalue weighted by molar-refractivity contribution is 5.96. The van der Waals surface area contributed by atoms with Crippen molar-refractivity contribution in [3.05, 3.63) is 42.6 Å². The maximum atomic E-state index is 12.4. The Morgan fingerprint density at radius 2 is 2.19 bits per heavy atom. The first kappa shape index (κ1) is 13.3. The molecule has 1 fully saturated rings. The number of hydrogen-bond acceptors (Lipinski definition) is 4. The lowest BCUT2D eigenvalue weighted by atomic mass is 10.2. The Kier molecular flexibility index (Phi) is 3.39. The van der Waals surface area contributed by atoms with Gasteiger partial charge in [-0.05, 0) is 25.0 Å². The normalized spacial score (nSPS) is 13.9. The van der Waals surface area contributed by atoms with Crippen LogP contribution in [-0.4, -0.2) is 49.0 Å². The molecule has 0 bridgehead atoms. The molecular weight excluding hydrogens is 272 g/mol. The van der Waals surface area contributed by atoms with E-state index in [4.69, 9.17) is 5.11 Å². The van der Waals surface area contributed by atoms with E-state index in [0.717, 1.165) is 12.8 Å². The van der Waals surface area contributed by atoms with E-state index in [-0.39, 0.29) is 18.5 Å². The number of carbonyl (C=O) groups excluding carboxylic acids is 1. The van der Waals surface area contributed by atoms with Gasteiger partial charge >= 0.3 is 5.97 Å². The molecule has 7 heteroatoms. The van der Waals surface area contributed by atoms with Gasteiger partial charge in [0.25, 0.3) is 5.91 Å². The molecule has 0 atom stereocenters. The number of carboxylic acid groups (broad SMARTS) is 1. The van der Waals surface area contributed by atoms with E-state index in [0.29, 0.717) is 11.4 Å². The van der Waals surface area contributed by atoms with E-state index in [2.05, 4.69) is 9.97 Å². The third kappa shape index (κ3) is 2.91. The van der Waals surface area contributed by atoms with Crippen LogP contribution in [-0.2, 0) is 4.79 Å². The summed E-state index contributed by atoms with van der Waals surface area (Å²) in [5.74, 6) is -0.636. The number of aromatic nitrogens is 3. The number of hydrogen-bond donors (Lipinski definition) is 1. The van der Waals surface area contributed by atoms with Crippen LogP contribution in [0.15, 0.2) is 37.1 Å². The first-order valence-corrected chi connectivity index (χ1v) is 6.62. The van der Waals surface area contributed by atoms with Crippen molar-refractivity contribution < 1.29 is 14.7 Å². The molecule has 0 aliphatic heterocycles. The van der Waals surface area contributed by atoms with Gasteiger partial charge in [0.15, 0.2) is 0 Å². The van der Waals surface area contributed by atoms with Gasteiger partial charge in [0.1, 0.15) is 18.7 Å². The number of carbonyl (C=O) groups is 2. The number of pyridine rings is 1. The summed E-state index contributed by atoms with van der Waals surface area (Å²) in [5, 5.41) is 8.91. The van der Waals surface area contributed by atoms with Crippen molar-refractivity contribution in [3.8, 4) is 5.82 Å². The Balaban J connectivity index is 1.79. The highest BCUT2D eigenvalue weighted by atomic mass is 16.4. The summed E-state index contributed by atoms with van der Waals surface area (Å²) in [7, 11) is 0. The predicted molar refractivity (Wildman–Crippen MR) is 73.1 cm³/mol. The molecule has 0 radical (unpaired) electrons. The van der Waals surface area contributed by atoms with Gasteiger partial charge in [-0.15, -0.1) is 0 Å². The molecule has 1 N–H and O–H groups in total. The Hall–Kier alpha value is -2.70. The van der Waals surface area contributed by atoms with Gasteiger partial charge in [-0.25, -0.2) is 9.97 Å². The van der Waals surface area contributed by atoms with Gasteiger partial charge in [0.2, 0.25) is 0 Å². The smallest absolute Gasteiger partial charge is 0.323 e. The molecule has 108 valence electrons. The lowest BCUT2D eigenvalue weighted by Gasteiger charge is -2.20. The van der Waals surface area contributed by atoms with Crippen LogP contribution in [0, 0.1) is 0 Å². The molecule has 3 rings (SSSR count). The zero-order valence-corrected chi connectivity index (χ0v) is 11.2. The first-order valence-electron chi connectivity index (χ1n) is 6.62. The van der Waals surface area contributed by atoms with Crippen molar-refractivity contribution >= 4 is 11.9 Å². The molecule has 0 spiro atoms. The fourth-order valence-corrected chi connectivity index (χ4v) is 2.12. The molecule has 1 aliphatic carbocycles. The van der Waals surface area contributed by atoms with Crippen LogP contribution in [0.3, 0.4) is 0 Å². The average molecular weight is 286 g/mol. The SMILES string of the molecule is O=C(O)CN(C(=O)c1ccc(-n2ccnc2)nc1)C1CC1. The molecule has 21 heavy (non-hydrogen) atoms. The van der Waals surface area contributed by atoms with E-state index >= 15 is 0 Å². The second-order valence-corrected chi connectivity index (χ2v) is 4.93. The van der Waals surface area contributed by atoms with Crippen LogP contribution in [0.5, 0.6) is 0 Å². The van der Waals surface area contributed by atoms with Gasteiger partial charge in [-0.1, -0.05) is 0 Å². The van der Waals surface area contributed by atoms with E-state index < -0.39 is 5.97 Å². The summed E-state index contributed by atoms with van der Waals surface area (Å²) < 4.78 is 1.73. The van der Waals surface area contributed by atoms with Gasteiger partial charge in [0.05, 0.1) is 5.56 Å². The fraction of sp³-hybridized carbons (Fsp3) is 0.286. The van der Waals surface area contributed by atoms with Crippen molar-refractivity contribution in [1.82, 2.24) is 19.4 Å². The zero-order chi connectivity index (χ0) is 14.8. The Labute approximate surface area is 120 Å². The number of aliphatic carboxylic acids is 1. The van der Waals surface area contributed by atoms with Crippen molar-refractivity contribution in [3.63, 3.8) is 0 Å². The molecule has 2 heterocycles. The van der Waals surface area contributed by atoms with Crippen LogP contribution in [0.25, 0.3) is 5.82 Å². The summed E-state index contributed by atoms with van der Waals surface area (Å²) in [5.41, 5.74) is 0.395. The molecule has 7 nitrogen and oxygen atoms in total. The lowest BCUT2D eigenvalue weighted by molar-refractivity contribution is -0.137. The number of carboxylic acids is 1. The number of rotatable bonds is 5. The number of amides is 1. The number of nitrogens with zero attached hydrogens (tertiary/aromatic N) is 4. The van der Waals surface area contributed by atoms with Gasteiger partial charge in [-0.2, -0.15) is 0 Å². The largest absolute Gasteiger partial charge is 0.480 e. The summed E-state index contributed by atoms with van der Waals surface area (Å²) in [4.78, 5) is 32.8. The second-order valence-electron chi connectivity index (χ2n) is 4.93. The van der Waals surface area contributed by atoms with E-state index in [1.807, 2.05) is 0 Å². The van der Waals surface area contributed by atoms with E-state index in [1.54, 1.807) is 35.4 Å². The maximum Gasteiger partial charge on any atom is 0.323 e. The first-order chi connectivity index (χ1) is 10.1. The van der Waals surface area contributed by atoms with Gasteiger partial charge in [0, 0.05) is 24.6 Å². The highest BCUT2D eigenvalue weighted by Gasteiger charge is 2.34. The molecule has 2 aromatic rings. The number of imidazole rings is 1. The Morgan fingerprint density at radius 3 is 2.71 bits per heavy atom. The van der Waals surface area contributed by atoms with Crippen molar-refractivity contribution in [2.24, 2.45) is 0 Å². The minimum atomic E-state index is -1.00. The monoisotopic (exact) mass is 286 g/mol. The molecule has 0 saturated heterocycles. The van der Waals surface area contributed by atoms with Gasteiger partial charge < -0.3 is 10.0 Å². The molecule has 2 aromatic heterocycles. The Morgan fingerprint density at radius 1 is 1.38 bits per heavy atom. The highest BCUT2D eigenvalue weighted by Crippen LogP contribution is 2.28. The van der Waals surface area contributed by atoms with Gasteiger partial charge in [-0.3, -0.25) is 14.2 Å². The third-order valence-electron chi connectivity index (χ3n) is 3.32. The fourth-order valence-electron chi connectivity index (χ4n) is 2.12. The Bertz CT molecular complexity index is 647. The summed E-state index contributed by atoms with van der Waals surface area (Å²) in [6.07, 6.45) is 8.20. The van der Waals surface area contributed by atoms with Crippen LogP contribution in [0.1, 0.15) is 23.2 Å². The standard InChI is InChI=1S/C14H14N4O3/c19-13(20)8-18(11-2-3-11)14(21)10-1-4-12(16-7-10)17-6-5-15-9-17/h1,4-7,9,11H,2-3,8H2,(H,19,20). The minimum absolute atomic E-state index is 0.0434. The van der Waals surface area contributed by atoms with E-state index in [9.17, 15) is 9.59 Å².